The van der Waals surface area contributed by atoms with Crippen LogP contribution in [0.25, 0.3) is 0 Å². The third-order valence-electron chi connectivity index (χ3n) is 4.37. The van der Waals surface area contributed by atoms with Crippen LogP contribution in [0.5, 0.6) is 0 Å². The predicted octanol–water partition coefficient (Wildman–Crippen LogP) is 3.76. The van der Waals surface area contributed by atoms with E-state index in [1.165, 1.54) is 18.5 Å². The second-order valence-corrected chi connectivity index (χ2v) is 6.30. The Balaban J connectivity index is 1.92. The molecule has 1 saturated carbocycles. The lowest BCUT2D eigenvalue weighted by Crippen LogP contribution is -2.32. The summed E-state index contributed by atoms with van der Waals surface area (Å²) >= 11 is 3.67. The zero-order chi connectivity index (χ0) is 13.3. The molecule has 0 amide bonds. The molecule has 2 aliphatic rings. The van der Waals surface area contributed by atoms with Gasteiger partial charge in [-0.2, -0.15) is 4.99 Å². The topological polar surface area (TPSA) is 32.7 Å². The summed E-state index contributed by atoms with van der Waals surface area (Å²) in [5.74, 6) is 0. The number of isocyanates is 1. The van der Waals surface area contributed by atoms with Gasteiger partial charge in [0.05, 0.1) is 11.2 Å². The van der Waals surface area contributed by atoms with Crippen LogP contribution in [0.3, 0.4) is 0 Å². The fourth-order valence-corrected chi connectivity index (χ4v) is 3.70. The van der Waals surface area contributed by atoms with Crippen molar-refractivity contribution in [2.45, 2.75) is 37.6 Å². The quantitative estimate of drug-likeness (QED) is 0.627. The van der Waals surface area contributed by atoms with Crippen molar-refractivity contribution in [2.75, 3.05) is 18.0 Å². The Morgan fingerprint density at radius 2 is 1.95 bits per heavy atom. The van der Waals surface area contributed by atoms with Gasteiger partial charge in [-0.3, -0.25) is 0 Å². The van der Waals surface area contributed by atoms with Gasteiger partial charge in [0.15, 0.2) is 0 Å². The molecule has 0 N–H and O–H groups in total. The van der Waals surface area contributed by atoms with Crippen LogP contribution in [0.2, 0.25) is 0 Å². The molecule has 100 valence electrons. The molecule has 1 aromatic carbocycles. The van der Waals surface area contributed by atoms with Crippen molar-refractivity contribution in [1.29, 1.82) is 0 Å². The van der Waals surface area contributed by atoms with E-state index in [0.29, 0.717) is 0 Å². The standard InChI is InChI=1S/C15H17BrN2O/c16-13-10-12(15(17-11-19)6-3-7-15)4-5-14(13)18-8-1-2-9-18/h4-5,10H,1-3,6-9H2. The molecule has 1 aliphatic carbocycles. The number of rotatable bonds is 3. The summed E-state index contributed by atoms with van der Waals surface area (Å²) < 4.78 is 1.11. The van der Waals surface area contributed by atoms with E-state index in [-0.39, 0.29) is 5.54 Å². The fraction of sp³-hybridized carbons (Fsp3) is 0.533. The van der Waals surface area contributed by atoms with Gasteiger partial charge in [0.2, 0.25) is 6.08 Å². The van der Waals surface area contributed by atoms with Crippen LogP contribution in [-0.4, -0.2) is 19.2 Å². The van der Waals surface area contributed by atoms with Gasteiger partial charge >= 0.3 is 0 Å². The van der Waals surface area contributed by atoms with Crippen LogP contribution in [0, 0.1) is 0 Å². The summed E-state index contributed by atoms with van der Waals surface area (Å²) in [4.78, 5) is 17.1. The molecule has 1 aromatic rings. The lowest BCUT2D eigenvalue weighted by Gasteiger charge is -2.37. The summed E-state index contributed by atoms with van der Waals surface area (Å²) in [5, 5.41) is 0. The van der Waals surface area contributed by atoms with Gasteiger partial charge in [0.25, 0.3) is 0 Å². The highest BCUT2D eigenvalue weighted by atomic mass is 79.9. The number of anilines is 1. The molecule has 2 fully saturated rings. The molecule has 4 heteroatoms. The fourth-order valence-electron chi connectivity index (χ4n) is 3.07. The van der Waals surface area contributed by atoms with E-state index in [2.05, 4.69) is 44.0 Å². The summed E-state index contributed by atoms with van der Waals surface area (Å²) in [7, 11) is 0. The number of benzene rings is 1. The lowest BCUT2D eigenvalue weighted by molar-refractivity contribution is 0.256. The van der Waals surface area contributed by atoms with Crippen LogP contribution < -0.4 is 4.90 Å². The van der Waals surface area contributed by atoms with E-state index in [1.807, 2.05) is 0 Å². The van der Waals surface area contributed by atoms with Crippen molar-refractivity contribution < 1.29 is 4.79 Å². The molecule has 1 heterocycles. The van der Waals surface area contributed by atoms with E-state index < -0.39 is 0 Å². The molecule has 1 saturated heterocycles. The summed E-state index contributed by atoms with van der Waals surface area (Å²) in [5.41, 5.74) is 2.09. The molecule has 3 nitrogen and oxygen atoms in total. The molecule has 1 aliphatic heterocycles. The van der Waals surface area contributed by atoms with Crippen molar-refractivity contribution in [1.82, 2.24) is 0 Å². The monoisotopic (exact) mass is 320 g/mol. The maximum absolute atomic E-state index is 10.6. The highest BCUT2D eigenvalue weighted by Gasteiger charge is 2.39. The number of aliphatic imine (C=N–C) groups is 1. The molecule has 0 bridgehead atoms. The molecule has 0 unspecified atom stereocenters. The zero-order valence-corrected chi connectivity index (χ0v) is 12.4. The number of nitrogens with zero attached hydrogens (tertiary/aromatic N) is 2. The number of hydrogen-bond acceptors (Lipinski definition) is 3. The zero-order valence-electron chi connectivity index (χ0n) is 10.9. The van der Waals surface area contributed by atoms with Crippen LogP contribution in [0.15, 0.2) is 27.7 Å². The lowest BCUT2D eigenvalue weighted by atomic mass is 9.72. The Morgan fingerprint density at radius 1 is 1.21 bits per heavy atom. The summed E-state index contributed by atoms with van der Waals surface area (Å²) in [6.07, 6.45) is 7.34. The predicted molar refractivity (Wildman–Crippen MR) is 79.2 cm³/mol. The first-order chi connectivity index (χ1) is 9.25. The minimum absolute atomic E-state index is 0.298. The van der Waals surface area contributed by atoms with Gasteiger partial charge < -0.3 is 4.90 Å². The summed E-state index contributed by atoms with van der Waals surface area (Å²) in [6, 6.07) is 6.41. The van der Waals surface area contributed by atoms with Crippen molar-refractivity contribution in [3.63, 3.8) is 0 Å². The van der Waals surface area contributed by atoms with E-state index in [0.717, 1.165) is 42.4 Å². The Labute approximate surface area is 121 Å². The van der Waals surface area contributed by atoms with E-state index >= 15 is 0 Å². The van der Waals surface area contributed by atoms with Crippen LogP contribution >= 0.6 is 15.9 Å². The Morgan fingerprint density at radius 3 is 2.47 bits per heavy atom. The molecule has 19 heavy (non-hydrogen) atoms. The van der Waals surface area contributed by atoms with Crippen molar-refractivity contribution in [2.24, 2.45) is 4.99 Å². The molecule has 0 radical (unpaired) electrons. The minimum Gasteiger partial charge on any atom is -0.371 e. The first kappa shape index (κ1) is 12.9. The second kappa shape index (κ2) is 5.10. The van der Waals surface area contributed by atoms with Crippen molar-refractivity contribution in [3.8, 4) is 0 Å². The summed E-state index contributed by atoms with van der Waals surface area (Å²) in [6.45, 7) is 2.27. The van der Waals surface area contributed by atoms with Crippen molar-refractivity contribution >= 4 is 27.7 Å². The maximum atomic E-state index is 10.6. The molecule has 3 rings (SSSR count). The third kappa shape index (κ3) is 2.24. The maximum Gasteiger partial charge on any atom is 0.235 e. The Bertz CT molecular complexity index is 527. The molecular formula is C15H17BrN2O. The van der Waals surface area contributed by atoms with E-state index in [1.54, 1.807) is 6.08 Å². The van der Waals surface area contributed by atoms with Crippen LogP contribution in [0.4, 0.5) is 5.69 Å². The van der Waals surface area contributed by atoms with Gasteiger partial charge in [0, 0.05) is 17.6 Å². The minimum atomic E-state index is -0.298. The number of halogens is 1. The molecule has 0 aromatic heterocycles. The van der Waals surface area contributed by atoms with Gasteiger partial charge in [-0.1, -0.05) is 6.07 Å². The normalized spacial score (nSPS) is 20.8. The van der Waals surface area contributed by atoms with Crippen LogP contribution in [-0.2, 0) is 10.3 Å². The van der Waals surface area contributed by atoms with E-state index in [4.69, 9.17) is 0 Å². The average Bonchev–Trinajstić information content (AvgIpc) is 2.87. The molecular weight excluding hydrogens is 304 g/mol. The van der Waals surface area contributed by atoms with Gasteiger partial charge in [0.1, 0.15) is 0 Å². The third-order valence-corrected chi connectivity index (χ3v) is 5.01. The number of hydrogen-bond donors (Lipinski definition) is 0. The SMILES string of the molecule is O=C=NC1(c2ccc(N3CCCC3)c(Br)c2)CCC1. The Hall–Kier alpha value is -1.12. The molecule has 0 atom stereocenters. The average molecular weight is 321 g/mol. The smallest absolute Gasteiger partial charge is 0.235 e. The van der Waals surface area contributed by atoms with Crippen molar-refractivity contribution in [3.05, 3.63) is 28.2 Å². The second-order valence-electron chi connectivity index (χ2n) is 5.45. The first-order valence-corrected chi connectivity index (χ1v) is 7.68. The van der Waals surface area contributed by atoms with Gasteiger partial charge in [-0.05, 0) is 65.7 Å². The largest absolute Gasteiger partial charge is 0.371 e. The first-order valence-electron chi connectivity index (χ1n) is 6.89. The highest BCUT2D eigenvalue weighted by Crippen LogP contribution is 2.46. The van der Waals surface area contributed by atoms with Gasteiger partial charge in [-0.25, -0.2) is 4.79 Å². The number of carbonyl (C=O) groups excluding carboxylic acids is 1. The van der Waals surface area contributed by atoms with Gasteiger partial charge in [-0.15, -0.1) is 0 Å². The highest BCUT2D eigenvalue weighted by molar-refractivity contribution is 9.10. The Kier molecular flexibility index (Phi) is 3.46. The molecule has 0 spiro atoms. The van der Waals surface area contributed by atoms with E-state index in [9.17, 15) is 4.79 Å². The van der Waals surface area contributed by atoms with Crippen LogP contribution in [0.1, 0.15) is 37.7 Å².